The zero-order valence-electron chi connectivity index (χ0n) is 24.5. The molecule has 4 rings (SSSR count). The number of allylic oxidation sites excluding steroid dienone is 1. The maximum atomic E-state index is 12.0. The second-order valence-corrected chi connectivity index (χ2v) is 10.4. The SMILES string of the molecule is C=C(c1cc(C(=O)OC)ccn1)N(/C=C\C)Cc1ccc(CN2CCC(NCCc3ccccc3)CC2)cc1OC. The molecule has 0 radical (unpaired) electrons. The third-order valence-electron chi connectivity index (χ3n) is 7.53. The highest BCUT2D eigenvalue weighted by Crippen LogP contribution is 2.27. The fraction of sp³-hybridized carbons (Fsp3) is 0.353. The van der Waals surface area contributed by atoms with Crippen molar-refractivity contribution in [3.05, 3.63) is 114 Å². The maximum Gasteiger partial charge on any atom is 0.337 e. The fourth-order valence-corrected chi connectivity index (χ4v) is 5.22. The third-order valence-corrected chi connectivity index (χ3v) is 7.53. The standard InChI is InChI=1S/C34H42N4O3/c1-5-19-38(26(2)32-23-29(14-18-36-32)34(39)41-4)25-30-12-11-28(22-33(30)40-3)24-37-20-15-31(16-21-37)35-17-13-27-9-7-6-8-10-27/h5-12,14,18-19,22-23,31,35H,2,13,15-17,20-21,24-25H2,1,3-4H3/b19-5-. The van der Waals surface area contributed by atoms with Crippen LogP contribution in [0.3, 0.4) is 0 Å². The van der Waals surface area contributed by atoms with Gasteiger partial charge in [-0.05, 0) is 75.1 Å². The number of nitrogens with one attached hydrogen (secondary N) is 1. The van der Waals surface area contributed by atoms with Crippen LogP contribution in [0.25, 0.3) is 5.70 Å². The van der Waals surface area contributed by atoms with Crippen molar-refractivity contribution in [3.63, 3.8) is 0 Å². The number of carbonyl (C=O) groups is 1. The largest absolute Gasteiger partial charge is 0.496 e. The summed E-state index contributed by atoms with van der Waals surface area (Å²) in [7, 11) is 3.08. The second kappa shape index (κ2) is 15.2. The van der Waals surface area contributed by atoms with Gasteiger partial charge in [-0.3, -0.25) is 9.88 Å². The van der Waals surface area contributed by atoms with Crippen molar-refractivity contribution in [2.45, 2.75) is 45.3 Å². The molecule has 0 atom stereocenters. The molecule has 41 heavy (non-hydrogen) atoms. The molecule has 0 amide bonds. The quantitative estimate of drug-likeness (QED) is 0.273. The summed E-state index contributed by atoms with van der Waals surface area (Å²) in [5, 5.41) is 3.75. The molecule has 3 aromatic rings. The van der Waals surface area contributed by atoms with E-state index in [1.807, 2.05) is 24.1 Å². The van der Waals surface area contributed by atoms with Crippen LogP contribution in [0.2, 0.25) is 0 Å². The van der Waals surface area contributed by atoms with Crippen molar-refractivity contribution in [3.8, 4) is 5.75 Å². The highest BCUT2D eigenvalue weighted by molar-refractivity contribution is 5.90. The van der Waals surface area contributed by atoms with Crippen LogP contribution in [0, 0.1) is 0 Å². The Balaban J connectivity index is 1.33. The molecule has 7 heteroatoms. The van der Waals surface area contributed by atoms with Crippen LogP contribution in [0.1, 0.15) is 52.5 Å². The van der Waals surface area contributed by atoms with Gasteiger partial charge in [0, 0.05) is 30.5 Å². The minimum absolute atomic E-state index is 0.403. The van der Waals surface area contributed by atoms with Crippen molar-refractivity contribution >= 4 is 11.7 Å². The molecule has 0 unspecified atom stereocenters. The number of nitrogens with zero attached hydrogens (tertiary/aromatic N) is 3. The first kappa shape index (κ1) is 30.0. The first-order valence-corrected chi connectivity index (χ1v) is 14.3. The molecule has 0 saturated carbocycles. The molecule has 1 saturated heterocycles. The van der Waals surface area contributed by atoms with Crippen LogP contribution in [-0.4, -0.2) is 60.6 Å². The van der Waals surface area contributed by atoms with Crippen LogP contribution in [0.5, 0.6) is 5.75 Å². The molecular formula is C34H42N4O3. The maximum absolute atomic E-state index is 12.0. The topological polar surface area (TPSA) is 66.9 Å². The van der Waals surface area contributed by atoms with Gasteiger partial charge in [-0.1, -0.05) is 55.1 Å². The highest BCUT2D eigenvalue weighted by Gasteiger charge is 2.20. The lowest BCUT2D eigenvalue weighted by Crippen LogP contribution is -2.42. The van der Waals surface area contributed by atoms with Crippen LogP contribution in [0.15, 0.2) is 85.7 Å². The Bertz CT molecular complexity index is 1320. The number of rotatable bonds is 13. The van der Waals surface area contributed by atoms with E-state index in [2.05, 4.69) is 70.3 Å². The molecule has 1 aromatic heterocycles. The van der Waals surface area contributed by atoms with E-state index < -0.39 is 5.97 Å². The van der Waals surface area contributed by atoms with Gasteiger partial charge in [-0.15, -0.1) is 0 Å². The first-order valence-electron chi connectivity index (χ1n) is 14.3. The number of pyridine rings is 1. The summed E-state index contributed by atoms with van der Waals surface area (Å²) in [6, 6.07) is 21.1. The molecule has 7 nitrogen and oxygen atoms in total. The molecule has 0 spiro atoms. The van der Waals surface area contributed by atoms with Crippen molar-refractivity contribution in [2.75, 3.05) is 33.9 Å². The second-order valence-electron chi connectivity index (χ2n) is 10.4. The van der Waals surface area contributed by atoms with Crippen molar-refractivity contribution in [2.24, 2.45) is 0 Å². The van der Waals surface area contributed by atoms with Gasteiger partial charge in [0.25, 0.3) is 0 Å². The number of likely N-dealkylation sites (tertiary alicyclic amines) is 1. The van der Waals surface area contributed by atoms with E-state index >= 15 is 0 Å². The van der Waals surface area contributed by atoms with Crippen LogP contribution in [0.4, 0.5) is 0 Å². The normalized spacial score (nSPS) is 14.2. The van der Waals surface area contributed by atoms with Crippen molar-refractivity contribution in [1.29, 1.82) is 0 Å². The molecule has 1 aliphatic rings. The van der Waals surface area contributed by atoms with Crippen LogP contribution >= 0.6 is 0 Å². The van der Waals surface area contributed by atoms with Gasteiger partial charge in [0.2, 0.25) is 0 Å². The molecule has 1 fully saturated rings. The number of aromatic nitrogens is 1. The molecule has 1 aliphatic heterocycles. The van der Waals surface area contributed by atoms with Gasteiger partial charge in [0.1, 0.15) is 5.75 Å². The summed E-state index contributed by atoms with van der Waals surface area (Å²) in [4.78, 5) is 21.0. The number of methoxy groups -OCH3 is 2. The summed E-state index contributed by atoms with van der Waals surface area (Å²) >= 11 is 0. The Hall–Kier alpha value is -3.94. The van der Waals surface area contributed by atoms with Gasteiger partial charge in [-0.25, -0.2) is 4.79 Å². The van der Waals surface area contributed by atoms with Crippen LogP contribution < -0.4 is 10.1 Å². The van der Waals surface area contributed by atoms with Crippen molar-refractivity contribution in [1.82, 2.24) is 20.1 Å². The zero-order valence-corrected chi connectivity index (χ0v) is 24.5. The van der Waals surface area contributed by atoms with Crippen molar-refractivity contribution < 1.29 is 14.3 Å². The zero-order chi connectivity index (χ0) is 29.0. The number of benzene rings is 2. The molecule has 2 heterocycles. The van der Waals surface area contributed by atoms with E-state index in [1.54, 1.807) is 25.4 Å². The number of hydrogen-bond acceptors (Lipinski definition) is 7. The Morgan fingerprint density at radius 1 is 1.10 bits per heavy atom. The van der Waals surface area contributed by atoms with E-state index in [1.165, 1.54) is 18.2 Å². The minimum atomic E-state index is -0.403. The average Bonchev–Trinajstić information content (AvgIpc) is 3.02. The minimum Gasteiger partial charge on any atom is -0.496 e. The first-order chi connectivity index (χ1) is 20.0. The summed E-state index contributed by atoms with van der Waals surface area (Å²) in [6.45, 7) is 10.9. The van der Waals surface area contributed by atoms with Gasteiger partial charge >= 0.3 is 5.97 Å². The third kappa shape index (κ3) is 8.52. The van der Waals surface area contributed by atoms with E-state index in [-0.39, 0.29) is 0 Å². The Kier molecular flexibility index (Phi) is 11.1. The van der Waals surface area contributed by atoms with Gasteiger partial charge < -0.3 is 19.7 Å². The molecule has 216 valence electrons. The van der Waals surface area contributed by atoms with Crippen LogP contribution in [-0.2, 0) is 24.2 Å². The van der Waals surface area contributed by atoms with E-state index in [4.69, 9.17) is 9.47 Å². The number of piperidine rings is 1. The number of carbonyl (C=O) groups excluding carboxylic acids is 1. The Morgan fingerprint density at radius 2 is 1.88 bits per heavy atom. The number of ether oxygens (including phenoxy) is 2. The van der Waals surface area contributed by atoms with E-state index in [9.17, 15) is 4.79 Å². The fourth-order valence-electron chi connectivity index (χ4n) is 5.22. The summed E-state index contributed by atoms with van der Waals surface area (Å²) in [6.07, 6.45) is 8.91. The molecule has 2 aromatic carbocycles. The number of esters is 1. The summed E-state index contributed by atoms with van der Waals surface area (Å²) in [5.41, 5.74) is 5.40. The molecular weight excluding hydrogens is 512 g/mol. The summed E-state index contributed by atoms with van der Waals surface area (Å²) < 4.78 is 10.7. The van der Waals surface area contributed by atoms with Gasteiger partial charge in [0.05, 0.1) is 37.7 Å². The predicted octanol–water partition coefficient (Wildman–Crippen LogP) is 5.68. The number of hydrogen-bond donors (Lipinski definition) is 1. The lowest BCUT2D eigenvalue weighted by atomic mass is 10.0. The highest BCUT2D eigenvalue weighted by atomic mass is 16.5. The average molecular weight is 555 g/mol. The molecule has 0 aliphatic carbocycles. The van der Waals surface area contributed by atoms with Gasteiger partial charge in [-0.2, -0.15) is 0 Å². The predicted molar refractivity (Wildman–Crippen MR) is 164 cm³/mol. The lowest BCUT2D eigenvalue weighted by Gasteiger charge is -2.32. The molecule has 0 bridgehead atoms. The smallest absolute Gasteiger partial charge is 0.337 e. The molecule has 1 N–H and O–H groups in total. The monoisotopic (exact) mass is 554 g/mol. The Morgan fingerprint density at radius 3 is 2.59 bits per heavy atom. The summed E-state index contributed by atoms with van der Waals surface area (Å²) in [5.74, 6) is 0.443. The van der Waals surface area contributed by atoms with Gasteiger partial charge in [0.15, 0.2) is 0 Å². The van der Waals surface area contributed by atoms with E-state index in [0.717, 1.165) is 56.8 Å². The van der Waals surface area contributed by atoms with E-state index in [0.29, 0.717) is 29.5 Å². The lowest BCUT2D eigenvalue weighted by molar-refractivity contribution is 0.0600. The Labute approximate surface area is 244 Å².